The lowest BCUT2D eigenvalue weighted by Crippen LogP contribution is -2.54. The molecule has 2 fully saturated rings. The zero-order chi connectivity index (χ0) is 29.1. The Morgan fingerprint density at radius 2 is 1.52 bits per heavy atom. The number of nitrogens with one attached hydrogen (secondary N) is 1. The van der Waals surface area contributed by atoms with Crippen LogP contribution in [0.5, 0.6) is 0 Å². The lowest BCUT2D eigenvalue weighted by Gasteiger charge is -2.42. The van der Waals surface area contributed by atoms with Crippen LogP contribution in [-0.4, -0.2) is 68.4 Å². The smallest absolute Gasteiger partial charge is 0.253 e. The summed E-state index contributed by atoms with van der Waals surface area (Å²) in [7, 11) is 0. The van der Waals surface area contributed by atoms with E-state index in [1.807, 2.05) is 59.8 Å². The number of carbonyl (C=O) groups is 1. The maximum Gasteiger partial charge on any atom is 0.253 e. The Morgan fingerprint density at radius 3 is 2.19 bits per heavy atom. The van der Waals surface area contributed by atoms with E-state index in [4.69, 9.17) is 4.98 Å². The van der Waals surface area contributed by atoms with Crippen LogP contribution in [0.4, 0.5) is 5.82 Å². The third kappa shape index (κ3) is 6.36. The SMILES string of the molecule is CC(C)(C)N1CCN(C(=O)c2ccc(-c3cncc(-c4cc(NC5CCCC5)nc(-c5ccccn5)c4)c3)cc2)CC1. The molecule has 4 heterocycles. The molecule has 1 saturated carbocycles. The van der Waals surface area contributed by atoms with E-state index in [2.05, 4.69) is 59.2 Å². The van der Waals surface area contributed by atoms with Crippen molar-refractivity contribution in [3.63, 3.8) is 0 Å². The maximum atomic E-state index is 13.2. The highest BCUT2D eigenvalue weighted by Crippen LogP contribution is 2.31. The van der Waals surface area contributed by atoms with E-state index in [1.165, 1.54) is 25.7 Å². The van der Waals surface area contributed by atoms with Crippen molar-refractivity contribution in [2.24, 2.45) is 0 Å². The molecule has 1 aliphatic heterocycles. The molecule has 0 atom stereocenters. The molecule has 0 bridgehead atoms. The number of hydrogen-bond donors (Lipinski definition) is 1. The van der Waals surface area contributed by atoms with E-state index in [9.17, 15) is 4.79 Å². The quantitative estimate of drug-likeness (QED) is 0.280. The normalized spacial score (nSPS) is 16.5. The van der Waals surface area contributed by atoms with Gasteiger partial charge in [0.25, 0.3) is 5.91 Å². The first-order valence-electron chi connectivity index (χ1n) is 15.1. The van der Waals surface area contributed by atoms with E-state index in [-0.39, 0.29) is 11.4 Å². The van der Waals surface area contributed by atoms with Crippen LogP contribution >= 0.6 is 0 Å². The Labute approximate surface area is 249 Å². The van der Waals surface area contributed by atoms with Crippen molar-refractivity contribution in [1.29, 1.82) is 0 Å². The summed E-state index contributed by atoms with van der Waals surface area (Å²) < 4.78 is 0. The van der Waals surface area contributed by atoms with Crippen LogP contribution in [0.3, 0.4) is 0 Å². The predicted octanol–water partition coefficient (Wildman–Crippen LogP) is 6.78. The van der Waals surface area contributed by atoms with Gasteiger partial charge in [-0.05, 0) is 87.2 Å². The van der Waals surface area contributed by atoms with Gasteiger partial charge in [0.05, 0.1) is 11.4 Å². The zero-order valence-electron chi connectivity index (χ0n) is 24.9. The number of aromatic nitrogens is 3. The van der Waals surface area contributed by atoms with Crippen molar-refractivity contribution in [3.05, 3.63) is 84.8 Å². The third-order valence-electron chi connectivity index (χ3n) is 8.51. The Hall–Kier alpha value is -4.10. The lowest BCUT2D eigenvalue weighted by atomic mass is 10.00. The first-order chi connectivity index (χ1) is 20.3. The number of hydrogen-bond acceptors (Lipinski definition) is 6. The number of pyridine rings is 3. The topological polar surface area (TPSA) is 74.2 Å². The summed E-state index contributed by atoms with van der Waals surface area (Å²) in [6.45, 7) is 10.0. The summed E-state index contributed by atoms with van der Waals surface area (Å²) in [6, 6.07) is 20.7. The summed E-state index contributed by atoms with van der Waals surface area (Å²) in [5.74, 6) is 0.972. The second kappa shape index (κ2) is 12.0. The average Bonchev–Trinajstić information content (AvgIpc) is 3.54. The summed E-state index contributed by atoms with van der Waals surface area (Å²) >= 11 is 0. The van der Waals surface area contributed by atoms with Gasteiger partial charge >= 0.3 is 0 Å². The molecule has 42 heavy (non-hydrogen) atoms. The summed E-state index contributed by atoms with van der Waals surface area (Å²) in [5.41, 5.74) is 6.63. The molecule has 6 rings (SSSR count). The monoisotopic (exact) mass is 560 g/mol. The highest BCUT2D eigenvalue weighted by Gasteiger charge is 2.28. The van der Waals surface area contributed by atoms with E-state index in [0.717, 1.165) is 71.2 Å². The highest BCUT2D eigenvalue weighted by atomic mass is 16.2. The molecule has 1 N–H and O–H groups in total. The molecule has 0 spiro atoms. The van der Waals surface area contributed by atoms with Crippen LogP contribution in [-0.2, 0) is 0 Å². The minimum Gasteiger partial charge on any atom is -0.367 e. The molecule has 0 radical (unpaired) electrons. The van der Waals surface area contributed by atoms with Gasteiger partial charge in [0.2, 0.25) is 0 Å². The third-order valence-corrected chi connectivity index (χ3v) is 8.51. The number of benzene rings is 1. The molecule has 7 nitrogen and oxygen atoms in total. The molecular formula is C35H40N6O. The van der Waals surface area contributed by atoms with Crippen molar-refractivity contribution < 1.29 is 4.79 Å². The van der Waals surface area contributed by atoms with Crippen molar-refractivity contribution in [2.75, 3.05) is 31.5 Å². The summed E-state index contributed by atoms with van der Waals surface area (Å²) in [6.07, 6.45) is 10.4. The number of amides is 1. The molecule has 1 amide bonds. The molecule has 1 aromatic carbocycles. The van der Waals surface area contributed by atoms with Gasteiger partial charge in [0.1, 0.15) is 5.82 Å². The van der Waals surface area contributed by atoms with Crippen molar-refractivity contribution >= 4 is 11.7 Å². The Balaban J connectivity index is 1.23. The number of nitrogens with zero attached hydrogens (tertiary/aromatic N) is 5. The minimum atomic E-state index is 0.100. The number of rotatable bonds is 6. The standard InChI is InChI=1S/C35H40N6O/c1-35(2,3)41-18-16-40(17-19-41)34(42)26-13-11-25(12-14-26)28-20-29(24-36-23-28)27-21-32(31-10-6-7-15-37-31)39-33(22-27)38-30-8-4-5-9-30/h6-7,10-15,20-24,30H,4-5,8-9,16-19H2,1-3H3,(H,38,39). The Kier molecular flexibility index (Phi) is 8.02. The summed E-state index contributed by atoms with van der Waals surface area (Å²) in [4.78, 5) is 31.7. The van der Waals surface area contributed by atoms with Gasteiger partial charge in [0.15, 0.2) is 0 Å². The largest absolute Gasteiger partial charge is 0.367 e. The molecule has 7 heteroatoms. The van der Waals surface area contributed by atoms with Crippen LogP contribution in [0.2, 0.25) is 0 Å². The number of piperazine rings is 1. The number of carbonyl (C=O) groups excluding carboxylic acids is 1. The van der Waals surface area contributed by atoms with Gasteiger partial charge < -0.3 is 10.2 Å². The average molecular weight is 561 g/mol. The fourth-order valence-electron chi connectivity index (χ4n) is 6.02. The number of anilines is 1. The second-order valence-electron chi connectivity index (χ2n) is 12.5. The first kappa shape index (κ1) is 28.0. The van der Waals surface area contributed by atoms with Gasteiger partial charge in [-0.25, -0.2) is 4.98 Å². The van der Waals surface area contributed by atoms with Crippen LogP contribution in [0.15, 0.2) is 79.3 Å². The van der Waals surface area contributed by atoms with E-state index in [1.54, 1.807) is 6.20 Å². The van der Waals surface area contributed by atoms with Crippen LogP contribution in [0.1, 0.15) is 56.8 Å². The second-order valence-corrected chi connectivity index (χ2v) is 12.5. The van der Waals surface area contributed by atoms with Crippen LogP contribution < -0.4 is 5.32 Å². The van der Waals surface area contributed by atoms with E-state index < -0.39 is 0 Å². The van der Waals surface area contributed by atoms with Crippen LogP contribution in [0, 0.1) is 0 Å². The molecule has 216 valence electrons. The van der Waals surface area contributed by atoms with Gasteiger partial charge in [-0.2, -0.15) is 0 Å². The molecule has 3 aromatic heterocycles. The van der Waals surface area contributed by atoms with Gasteiger partial charge in [0, 0.05) is 73.0 Å². The summed E-state index contributed by atoms with van der Waals surface area (Å²) in [5, 5.41) is 3.66. The Morgan fingerprint density at radius 1 is 0.810 bits per heavy atom. The van der Waals surface area contributed by atoms with Gasteiger partial charge in [-0.15, -0.1) is 0 Å². The highest BCUT2D eigenvalue weighted by molar-refractivity contribution is 5.95. The maximum absolute atomic E-state index is 13.2. The lowest BCUT2D eigenvalue weighted by molar-refractivity contribution is 0.0451. The van der Waals surface area contributed by atoms with E-state index in [0.29, 0.717) is 6.04 Å². The zero-order valence-corrected chi connectivity index (χ0v) is 24.9. The van der Waals surface area contributed by atoms with Crippen molar-refractivity contribution in [1.82, 2.24) is 24.8 Å². The van der Waals surface area contributed by atoms with Crippen molar-refractivity contribution in [3.8, 4) is 33.6 Å². The molecule has 2 aliphatic rings. The van der Waals surface area contributed by atoms with Crippen LogP contribution in [0.25, 0.3) is 33.6 Å². The van der Waals surface area contributed by atoms with Crippen molar-refractivity contribution in [2.45, 2.75) is 58.0 Å². The van der Waals surface area contributed by atoms with E-state index >= 15 is 0 Å². The molecule has 1 saturated heterocycles. The van der Waals surface area contributed by atoms with Gasteiger partial charge in [-0.3, -0.25) is 19.7 Å². The molecule has 4 aromatic rings. The fraction of sp³-hybridized carbons (Fsp3) is 0.371. The predicted molar refractivity (Wildman–Crippen MR) is 169 cm³/mol. The molecule has 0 unspecified atom stereocenters. The molecular weight excluding hydrogens is 520 g/mol. The minimum absolute atomic E-state index is 0.100. The van der Waals surface area contributed by atoms with Gasteiger partial charge in [-0.1, -0.05) is 31.0 Å². The fourth-order valence-corrected chi connectivity index (χ4v) is 6.02. The molecule has 1 aliphatic carbocycles. The first-order valence-corrected chi connectivity index (χ1v) is 15.1. The Bertz CT molecular complexity index is 1520.